The molecule has 2 aromatic carbocycles. The van der Waals surface area contributed by atoms with Gasteiger partial charge in [0.05, 0.1) is 12.7 Å². The number of hydrogen-bond donors (Lipinski definition) is 0. The van der Waals surface area contributed by atoms with Crippen molar-refractivity contribution in [3.63, 3.8) is 0 Å². The molecule has 0 aliphatic rings. The summed E-state index contributed by atoms with van der Waals surface area (Å²) in [6.45, 7) is 7.73. The van der Waals surface area contributed by atoms with Crippen molar-refractivity contribution < 1.29 is 9.47 Å². The number of allylic oxidation sites excluding steroid dienone is 2. The molecule has 0 N–H and O–H groups in total. The maximum absolute atomic E-state index is 5.90. The van der Waals surface area contributed by atoms with E-state index in [1.165, 1.54) is 0 Å². The molecule has 0 spiro atoms. The highest BCUT2D eigenvalue weighted by atomic mass is 16.5. The number of methoxy groups -OCH3 is 1. The van der Waals surface area contributed by atoms with Crippen LogP contribution in [-0.2, 0) is 11.3 Å². The first-order chi connectivity index (χ1) is 11.8. The summed E-state index contributed by atoms with van der Waals surface area (Å²) in [7, 11) is 1.63. The highest BCUT2D eigenvalue weighted by Gasteiger charge is 2.10. The van der Waals surface area contributed by atoms with Crippen LogP contribution in [0.1, 0.15) is 16.7 Å². The van der Waals surface area contributed by atoms with Gasteiger partial charge in [-0.15, -0.1) is 5.73 Å². The first-order valence-electron chi connectivity index (χ1n) is 7.56. The van der Waals surface area contributed by atoms with E-state index in [4.69, 9.17) is 9.47 Å². The molecule has 2 aromatic rings. The van der Waals surface area contributed by atoms with Gasteiger partial charge in [-0.05, 0) is 29.3 Å². The number of hydrogen-bond acceptors (Lipinski definition) is 2. The van der Waals surface area contributed by atoms with Crippen LogP contribution in [0.25, 0.3) is 11.8 Å². The maximum Gasteiger partial charge on any atom is 0.173 e. The molecular formula is C22H20O2. The van der Waals surface area contributed by atoms with E-state index in [0.717, 1.165) is 16.7 Å². The maximum atomic E-state index is 5.90. The van der Waals surface area contributed by atoms with Gasteiger partial charge in [0.25, 0.3) is 0 Å². The topological polar surface area (TPSA) is 18.5 Å². The van der Waals surface area contributed by atoms with E-state index in [1.807, 2.05) is 60.7 Å². The Kier molecular flexibility index (Phi) is 6.49. The van der Waals surface area contributed by atoms with Gasteiger partial charge < -0.3 is 9.47 Å². The Morgan fingerprint density at radius 3 is 2.58 bits per heavy atom. The van der Waals surface area contributed by atoms with Gasteiger partial charge in [0.1, 0.15) is 12.4 Å². The molecule has 0 aliphatic heterocycles. The minimum Gasteiger partial charge on any atom is -0.496 e. The molecule has 0 aliphatic carbocycles. The molecule has 2 heteroatoms. The van der Waals surface area contributed by atoms with Crippen molar-refractivity contribution in [1.29, 1.82) is 0 Å². The summed E-state index contributed by atoms with van der Waals surface area (Å²) >= 11 is 0. The zero-order chi connectivity index (χ0) is 17.2. The van der Waals surface area contributed by atoms with Gasteiger partial charge in [-0.1, -0.05) is 67.4 Å². The fourth-order valence-electron chi connectivity index (χ4n) is 2.19. The lowest BCUT2D eigenvalue weighted by Crippen LogP contribution is -1.97. The standard InChI is InChI=1S/C22H20O2/c1-4-6-8-11-18-14-15-22(23-3)20(16-18)21(5-2)24-17-19-12-9-7-10-13-19/h6-16H,1-2,17H2,3H3/b11-8+. The van der Waals surface area contributed by atoms with Crippen LogP contribution in [-0.4, -0.2) is 7.11 Å². The highest BCUT2D eigenvalue weighted by Crippen LogP contribution is 2.28. The molecule has 0 saturated carbocycles. The van der Waals surface area contributed by atoms with Crippen LogP contribution < -0.4 is 4.74 Å². The molecule has 24 heavy (non-hydrogen) atoms. The quantitative estimate of drug-likeness (QED) is 0.387. The minimum absolute atomic E-state index is 0.446. The second-order valence-corrected chi connectivity index (χ2v) is 4.97. The van der Waals surface area contributed by atoms with Crippen molar-refractivity contribution in [2.75, 3.05) is 7.11 Å². The molecule has 0 amide bonds. The van der Waals surface area contributed by atoms with E-state index < -0.39 is 0 Å². The largest absolute Gasteiger partial charge is 0.496 e. The van der Waals surface area contributed by atoms with Crippen LogP contribution in [0.3, 0.4) is 0 Å². The van der Waals surface area contributed by atoms with Crippen LogP contribution in [0, 0.1) is 0 Å². The molecular weight excluding hydrogens is 296 g/mol. The molecule has 120 valence electrons. The fraction of sp³-hybridized carbons (Fsp3) is 0.0909. The zero-order valence-corrected chi connectivity index (χ0v) is 13.8. The van der Waals surface area contributed by atoms with Crippen molar-refractivity contribution in [3.8, 4) is 5.75 Å². The van der Waals surface area contributed by atoms with Gasteiger partial charge in [-0.25, -0.2) is 0 Å². The van der Waals surface area contributed by atoms with Gasteiger partial charge >= 0.3 is 0 Å². The Hall–Kier alpha value is -3.18. The van der Waals surface area contributed by atoms with Crippen molar-refractivity contribution in [2.24, 2.45) is 0 Å². The van der Waals surface area contributed by atoms with E-state index in [0.29, 0.717) is 18.1 Å². The summed E-state index contributed by atoms with van der Waals surface area (Å²) in [6.07, 6.45) is 5.58. The molecule has 0 fully saturated rings. The van der Waals surface area contributed by atoms with Gasteiger partial charge in [-0.3, -0.25) is 0 Å². The first-order valence-corrected chi connectivity index (χ1v) is 7.56. The van der Waals surface area contributed by atoms with Gasteiger partial charge in [0, 0.05) is 0 Å². The highest BCUT2D eigenvalue weighted by molar-refractivity contribution is 5.69. The van der Waals surface area contributed by atoms with E-state index >= 15 is 0 Å². The molecule has 0 aromatic heterocycles. The number of benzene rings is 2. The van der Waals surface area contributed by atoms with Crippen LogP contribution in [0.2, 0.25) is 0 Å². The summed E-state index contributed by atoms with van der Waals surface area (Å²) in [5, 5.41) is 0. The third-order valence-corrected chi connectivity index (χ3v) is 3.36. The summed E-state index contributed by atoms with van der Waals surface area (Å²) in [5.74, 6) is 1.27. The van der Waals surface area contributed by atoms with Crippen LogP contribution >= 0.6 is 0 Å². The number of rotatable bonds is 7. The summed E-state index contributed by atoms with van der Waals surface area (Å²) in [4.78, 5) is 0. The summed E-state index contributed by atoms with van der Waals surface area (Å²) in [6, 6.07) is 15.8. The SMILES string of the molecule is C=C=C/C=C/c1ccc(OC)c(C(=C=C)OCc2ccccc2)c1. The van der Waals surface area contributed by atoms with E-state index in [9.17, 15) is 0 Å². The third-order valence-electron chi connectivity index (χ3n) is 3.36. The average Bonchev–Trinajstić information content (AvgIpc) is 2.63. The van der Waals surface area contributed by atoms with Gasteiger partial charge in [-0.2, -0.15) is 0 Å². The molecule has 0 saturated heterocycles. The Morgan fingerprint density at radius 2 is 1.92 bits per heavy atom. The second kappa shape index (κ2) is 9.07. The Bertz CT molecular complexity index is 803. The molecule has 0 atom stereocenters. The van der Waals surface area contributed by atoms with Crippen molar-refractivity contribution >= 4 is 11.8 Å². The van der Waals surface area contributed by atoms with E-state index in [-0.39, 0.29) is 0 Å². The second-order valence-electron chi connectivity index (χ2n) is 4.97. The van der Waals surface area contributed by atoms with E-state index in [1.54, 1.807) is 13.2 Å². The molecule has 2 rings (SSSR count). The lowest BCUT2D eigenvalue weighted by molar-refractivity contribution is 0.263. The molecule has 2 nitrogen and oxygen atoms in total. The summed E-state index contributed by atoms with van der Waals surface area (Å²) in [5.41, 5.74) is 8.48. The van der Waals surface area contributed by atoms with Crippen LogP contribution in [0.4, 0.5) is 0 Å². The van der Waals surface area contributed by atoms with E-state index in [2.05, 4.69) is 24.6 Å². The monoisotopic (exact) mass is 316 g/mol. The Morgan fingerprint density at radius 1 is 1.12 bits per heavy atom. The molecule has 0 unspecified atom stereocenters. The number of ether oxygens (including phenoxy) is 2. The van der Waals surface area contributed by atoms with Crippen molar-refractivity contribution in [1.82, 2.24) is 0 Å². The van der Waals surface area contributed by atoms with Crippen LogP contribution in [0.5, 0.6) is 5.75 Å². The Balaban J connectivity index is 2.27. The van der Waals surface area contributed by atoms with Crippen molar-refractivity contribution in [2.45, 2.75) is 6.61 Å². The van der Waals surface area contributed by atoms with Crippen molar-refractivity contribution in [3.05, 3.63) is 102 Å². The van der Waals surface area contributed by atoms with Gasteiger partial charge in [0.2, 0.25) is 0 Å². The minimum atomic E-state index is 0.446. The molecule has 0 bridgehead atoms. The Labute approximate surface area is 143 Å². The molecule has 0 heterocycles. The van der Waals surface area contributed by atoms with Gasteiger partial charge in [0.15, 0.2) is 5.76 Å². The predicted molar refractivity (Wildman–Crippen MR) is 99.5 cm³/mol. The summed E-state index contributed by atoms with van der Waals surface area (Å²) < 4.78 is 11.3. The fourth-order valence-corrected chi connectivity index (χ4v) is 2.19. The zero-order valence-electron chi connectivity index (χ0n) is 13.8. The first kappa shape index (κ1) is 17.2. The normalized spacial score (nSPS) is 9.88. The smallest absolute Gasteiger partial charge is 0.173 e. The molecule has 0 radical (unpaired) electrons. The predicted octanol–water partition coefficient (Wildman–Crippen LogP) is 5.39. The lowest BCUT2D eigenvalue weighted by Gasteiger charge is -2.13. The third kappa shape index (κ3) is 4.66. The van der Waals surface area contributed by atoms with Crippen LogP contribution in [0.15, 0.2) is 85.3 Å². The average molecular weight is 316 g/mol. The lowest BCUT2D eigenvalue weighted by atomic mass is 10.1.